The maximum Gasteiger partial charge on any atom is 0.148 e. The largest absolute Gasteiger partial charge is 0.369 e. The minimum absolute atomic E-state index is 0.677. The highest BCUT2D eigenvalue weighted by Gasteiger charge is 2.10. The molecule has 0 aliphatic carbocycles. The highest BCUT2D eigenvalue weighted by molar-refractivity contribution is 7.20. The van der Waals surface area contributed by atoms with E-state index in [0.29, 0.717) is 8.67 Å². The number of aromatic amines is 1. The molecule has 2 heterocycles. The highest BCUT2D eigenvalue weighted by atomic mass is 35.5. The first-order valence-corrected chi connectivity index (χ1v) is 6.52. The molecule has 16 heavy (non-hydrogen) atoms. The van der Waals surface area contributed by atoms with E-state index in [9.17, 15) is 0 Å². The molecule has 0 unspecified atom stereocenters. The van der Waals surface area contributed by atoms with Gasteiger partial charge in [-0.3, -0.25) is 5.10 Å². The van der Waals surface area contributed by atoms with Crippen LogP contribution in [0.3, 0.4) is 0 Å². The molecule has 86 valence electrons. The van der Waals surface area contributed by atoms with Crippen LogP contribution < -0.4 is 5.32 Å². The Balaban J connectivity index is 2.21. The zero-order chi connectivity index (χ0) is 11.5. The van der Waals surface area contributed by atoms with Crippen molar-refractivity contribution in [1.82, 2.24) is 10.2 Å². The Morgan fingerprint density at radius 1 is 1.44 bits per heavy atom. The first-order chi connectivity index (χ1) is 7.70. The number of aromatic nitrogens is 2. The van der Waals surface area contributed by atoms with E-state index in [4.69, 9.17) is 23.2 Å². The third-order valence-electron chi connectivity index (χ3n) is 2.08. The normalized spacial score (nSPS) is 10.7. The number of halogens is 2. The summed E-state index contributed by atoms with van der Waals surface area (Å²) >= 11 is 13.3. The fourth-order valence-corrected chi connectivity index (χ4v) is 2.82. The number of H-pyrrole nitrogens is 1. The molecule has 0 amide bonds. The van der Waals surface area contributed by atoms with Crippen LogP contribution >= 0.6 is 34.5 Å². The van der Waals surface area contributed by atoms with E-state index in [1.165, 1.54) is 11.3 Å². The predicted molar refractivity (Wildman–Crippen MR) is 70.7 cm³/mol. The monoisotopic (exact) mass is 275 g/mol. The van der Waals surface area contributed by atoms with Crippen molar-refractivity contribution in [3.8, 4) is 11.3 Å². The number of anilines is 1. The van der Waals surface area contributed by atoms with Gasteiger partial charge in [0.15, 0.2) is 0 Å². The predicted octanol–water partition coefficient (Wildman–Crippen LogP) is 4.27. The standard InChI is InChI=1S/C10H11Cl2N3S/c1-2-3-13-9-5-7(14-15-9)6-4-8(11)16-10(6)12/h4-5H,2-3H2,1H3,(H2,13,14,15). The Morgan fingerprint density at radius 3 is 2.88 bits per heavy atom. The molecule has 0 bridgehead atoms. The van der Waals surface area contributed by atoms with Crippen molar-refractivity contribution >= 4 is 40.4 Å². The lowest BCUT2D eigenvalue weighted by molar-refractivity contribution is 0.961. The van der Waals surface area contributed by atoms with Gasteiger partial charge in [0, 0.05) is 18.2 Å². The highest BCUT2D eigenvalue weighted by Crippen LogP contribution is 2.37. The van der Waals surface area contributed by atoms with Crippen LogP contribution in [0.5, 0.6) is 0 Å². The van der Waals surface area contributed by atoms with Gasteiger partial charge >= 0.3 is 0 Å². The molecule has 2 rings (SSSR count). The molecule has 2 aromatic rings. The summed E-state index contributed by atoms with van der Waals surface area (Å²) in [7, 11) is 0. The lowest BCUT2D eigenvalue weighted by Crippen LogP contribution is -1.99. The lowest BCUT2D eigenvalue weighted by Gasteiger charge is -1.96. The number of thiophene rings is 1. The van der Waals surface area contributed by atoms with Crippen LogP contribution in [0.1, 0.15) is 13.3 Å². The van der Waals surface area contributed by atoms with Crippen LogP contribution in [0.4, 0.5) is 5.82 Å². The van der Waals surface area contributed by atoms with Crippen molar-refractivity contribution in [1.29, 1.82) is 0 Å². The molecule has 2 aromatic heterocycles. The van der Waals surface area contributed by atoms with Gasteiger partial charge in [0.2, 0.25) is 0 Å². The Kier molecular flexibility index (Phi) is 3.74. The first kappa shape index (κ1) is 11.8. The van der Waals surface area contributed by atoms with Crippen molar-refractivity contribution in [2.45, 2.75) is 13.3 Å². The Morgan fingerprint density at radius 2 is 2.25 bits per heavy atom. The number of hydrogen-bond donors (Lipinski definition) is 2. The smallest absolute Gasteiger partial charge is 0.148 e. The van der Waals surface area contributed by atoms with E-state index in [1.54, 1.807) is 0 Å². The average molecular weight is 276 g/mol. The van der Waals surface area contributed by atoms with Gasteiger partial charge in [-0.05, 0) is 12.5 Å². The molecular formula is C10H11Cl2N3S. The molecular weight excluding hydrogens is 265 g/mol. The van der Waals surface area contributed by atoms with Gasteiger partial charge < -0.3 is 5.32 Å². The molecule has 3 nitrogen and oxygen atoms in total. The van der Waals surface area contributed by atoms with Crippen molar-refractivity contribution in [3.63, 3.8) is 0 Å². The molecule has 0 fully saturated rings. The van der Waals surface area contributed by atoms with Crippen molar-refractivity contribution < 1.29 is 0 Å². The topological polar surface area (TPSA) is 40.7 Å². The summed E-state index contributed by atoms with van der Waals surface area (Å²) < 4.78 is 1.35. The Labute approximate surface area is 108 Å². The molecule has 6 heteroatoms. The molecule has 0 aliphatic heterocycles. The second kappa shape index (κ2) is 5.08. The molecule has 0 spiro atoms. The summed E-state index contributed by atoms with van der Waals surface area (Å²) in [6, 6.07) is 3.77. The van der Waals surface area contributed by atoms with Gasteiger partial charge in [-0.1, -0.05) is 30.1 Å². The van der Waals surface area contributed by atoms with Gasteiger partial charge in [-0.15, -0.1) is 11.3 Å². The van der Waals surface area contributed by atoms with Gasteiger partial charge in [0.1, 0.15) is 10.2 Å². The van der Waals surface area contributed by atoms with Crippen molar-refractivity contribution in [2.75, 3.05) is 11.9 Å². The summed E-state index contributed by atoms with van der Waals surface area (Å²) in [5.74, 6) is 0.829. The van der Waals surface area contributed by atoms with E-state index in [0.717, 1.165) is 30.0 Å². The van der Waals surface area contributed by atoms with E-state index in [1.807, 2.05) is 12.1 Å². The Hall–Kier alpha value is -0.710. The summed E-state index contributed by atoms with van der Waals surface area (Å²) in [5, 5.41) is 10.3. The van der Waals surface area contributed by atoms with E-state index >= 15 is 0 Å². The van der Waals surface area contributed by atoms with Crippen LogP contribution in [-0.2, 0) is 0 Å². The van der Waals surface area contributed by atoms with Crippen LogP contribution in [-0.4, -0.2) is 16.7 Å². The number of hydrogen-bond acceptors (Lipinski definition) is 3. The molecule has 0 saturated carbocycles. The van der Waals surface area contributed by atoms with Gasteiger partial charge in [0.05, 0.1) is 10.0 Å². The van der Waals surface area contributed by atoms with Gasteiger partial charge in [-0.25, -0.2) is 0 Å². The number of nitrogens with one attached hydrogen (secondary N) is 2. The molecule has 0 saturated heterocycles. The van der Waals surface area contributed by atoms with E-state index in [-0.39, 0.29) is 0 Å². The van der Waals surface area contributed by atoms with Crippen LogP contribution in [0.25, 0.3) is 11.3 Å². The molecule has 2 N–H and O–H groups in total. The first-order valence-electron chi connectivity index (χ1n) is 4.95. The minimum atomic E-state index is 0.677. The lowest BCUT2D eigenvalue weighted by atomic mass is 10.2. The van der Waals surface area contributed by atoms with E-state index in [2.05, 4.69) is 22.4 Å². The fraction of sp³-hybridized carbons (Fsp3) is 0.300. The zero-order valence-corrected chi connectivity index (χ0v) is 11.0. The van der Waals surface area contributed by atoms with E-state index < -0.39 is 0 Å². The van der Waals surface area contributed by atoms with Crippen LogP contribution in [0, 0.1) is 0 Å². The van der Waals surface area contributed by atoms with Crippen molar-refractivity contribution in [2.24, 2.45) is 0 Å². The van der Waals surface area contributed by atoms with Gasteiger partial charge in [-0.2, -0.15) is 5.10 Å². The number of nitrogens with zero attached hydrogens (tertiary/aromatic N) is 1. The SMILES string of the molecule is CCCNc1cc(-c2cc(Cl)sc2Cl)[nH]n1. The minimum Gasteiger partial charge on any atom is -0.369 e. The fourth-order valence-electron chi connectivity index (χ4n) is 1.33. The summed E-state index contributed by atoms with van der Waals surface area (Å²) in [5.41, 5.74) is 1.78. The van der Waals surface area contributed by atoms with Crippen LogP contribution in [0.2, 0.25) is 8.67 Å². The third kappa shape index (κ3) is 2.51. The molecule has 0 aromatic carbocycles. The maximum absolute atomic E-state index is 6.06. The summed E-state index contributed by atoms with van der Waals surface area (Å²) in [6.45, 7) is 3.01. The third-order valence-corrected chi connectivity index (χ3v) is 3.57. The second-order valence-corrected chi connectivity index (χ2v) is 5.62. The molecule has 0 aliphatic rings. The van der Waals surface area contributed by atoms with Crippen molar-refractivity contribution in [3.05, 3.63) is 20.8 Å². The summed E-state index contributed by atoms with van der Waals surface area (Å²) in [4.78, 5) is 0. The average Bonchev–Trinajstić information content (AvgIpc) is 2.82. The van der Waals surface area contributed by atoms with Crippen LogP contribution in [0.15, 0.2) is 12.1 Å². The molecule has 0 radical (unpaired) electrons. The molecule has 0 atom stereocenters. The quantitative estimate of drug-likeness (QED) is 0.875. The maximum atomic E-state index is 6.06. The second-order valence-electron chi connectivity index (χ2n) is 3.33. The summed E-state index contributed by atoms with van der Waals surface area (Å²) in [6.07, 6.45) is 1.06. The number of rotatable bonds is 4. The van der Waals surface area contributed by atoms with Gasteiger partial charge in [0.25, 0.3) is 0 Å². The zero-order valence-electron chi connectivity index (χ0n) is 8.68. The Bertz CT molecular complexity index is 478.